The normalized spacial score (nSPS) is 14.5. The van der Waals surface area contributed by atoms with E-state index in [2.05, 4.69) is 15.5 Å². The van der Waals surface area contributed by atoms with Crippen molar-refractivity contribution in [3.05, 3.63) is 41.5 Å². The minimum absolute atomic E-state index is 0.234. The zero-order valence-corrected chi connectivity index (χ0v) is 11.3. The maximum atomic E-state index is 12.8. The number of rotatable bonds is 6. The molecule has 2 aromatic rings. The van der Waals surface area contributed by atoms with Gasteiger partial charge in [0.2, 0.25) is 5.89 Å². The van der Waals surface area contributed by atoms with Crippen LogP contribution in [0.1, 0.15) is 24.3 Å². The number of benzene rings is 1. The highest BCUT2D eigenvalue weighted by atomic mass is 19.1. The molecule has 5 nitrogen and oxygen atoms in total. The van der Waals surface area contributed by atoms with E-state index in [-0.39, 0.29) is 5.82 Å². The second-order valence-electron chi connectivity index (χ2n) is 5.12. The number of hydrogen-bond acceptors (Lipinski definition) is 5. The van der Waals surface area contributed by atoms with Crippen LogP contribution in [0.2, 0.25) is 0 Å². The highest BCUT2D eigenvalue weighted by Crippen LogP contribution is 2.20. The number of nitrogens with one attached hydrogen (secondary N) is 1. The van der Waals surface area contributed by atoms with Crippen LogP contribution in [0.15, 0.2) is 28.7 Å². The summed E-state index contributed by atoms with van der Waals surface area (Å²) >= 11 is 0. The van der Waals surface area contributed by atoms with Crippen LogP contribution in [0, 0.1) is 5.82 Å². The number of aromatic nitrogens is 2. The Balaban J connectivity index is 1.58. The van der Waals surface area contributed by atoms with E-state index in [1.165, 1.54) is 25.0 Å². The largest absolute Gasteiger partial charge is 0.407 e. The fourth-order valence-electron chi connectivity index (χ4n) is 1.92. The minimum atomic E-state index is -0.234. The van der Waals surface area contributed by atoms with Crippen molar-refractivity contribution >= 4 is 6.01 Å². The predicted octanol–water partition coefficient (Wildman–Crippen LogP) is 2.10. The van der Waals surface area contributed by atoms with Gasteiger partial charge < -0.3 is 14.6 Å². The Kier molecular flexibility index (Phi) is 3.64. The molecule has 1 aromatic heterocycles. The van der Waals surface area contributed by atoms with Gasteiger partial charge in [-0.15, -0.1) is 5.10 Å². The molecule has 0 bridgehead atoms. The van der Waals surface area contributed by atoms with Gasteiger partial charge >= 0.3 is 6.01 Å². The van der Waals surface area contributed by atoms with Crippen molar-refractivity contribution in [1.82, 2.24) is 15.5 Å². The highest BCUT2D eigenvalue weighted by molar-refractivity contribution is 5.27. The van der Waals surface area contributed by atoms with Gasteiger partial charge in [0.15, 0.2) is 0 Å². The lowest BCUT2D eigenvalue weighted by Crippen LogP contribution is -2.17. The maximum absolute atomic E-state index is 12.8. The third-order valence-corrected chi connectivity index (χ3v) is 3.24. The first-order valence-electron chi connectivity index (χ1n) is 6.72. The van der Waals surface area contributed by atoms with Gasteiger partial charge in [-0.25, -0.2) is 4.39 Å². The summed E-state index contributed by atoms with van der Waals surface area (Å²) < 4.78 is 18.4. The van der Waals surface area contributed by atoms with Gasteiger partial charge in [0.1, 0.15) is 5.82 Å². The van der Waals surface area contributed by atoms with E-state index in [0.717, 1.165) is 5.56 Å². The fourth-order valence-corrected chi connectivity index (χ4v) is 1.92. The lowest BCUT2D eigenvalue weighted by Gasteiger charge is -2.13. The Bertz CT molecular complexity index is 565. The van der Waals surface area contributed by atoms with Gasteiger partial charge in [0, 0.05) is 19.6 Å². The summed E-state index contributed by atoms with van der Waals surface area (Å²) in [6, 6.07) is 7.48. The van der Waals surface area contributed by atoms with Gasteiger partial charge in [-0.2, -0.15) is 0 Å². The van der Waals surface area contributed by atoms with Crippen LogP contribution in [0.5, 0.6) is 0 Å². The van der Waals surface area contributed by atoms with Crippen molar-refractivity contribution in [2.75, 3.05) is 11.9 Å². The van der Waals surface area contributed by atoms with Crippen LogP contribution in [0.25, 0.3) is 0 Å². The molecular weight excluding hydrogens is 259 g/mol. The van der Waals surface area contributed by atoms with Crippen LogP contribution in [-0.2, 0) is 13.1 Å². The molecule has 1 N–H and O–H groups in total. The van der Waals surface area contributed by atoms with Crippen molar-refractivity contribution in [3.63, 3.8) is 0 Å². The van der Waals surface area contributed by atoms with E-state index in [4.69, 9.17) is 4.42 Å². The van der Waals surface area contributed by atoms with E-state index < -0.39 is 0 Å². The molecule has 106 valence electrons. The number of halogens is 1. The van der Waals surface area contributed by atoms with Crippen LogP contribution < -0.4 is 10.2 Å². The first-order valence-corrected chi connectivity index (χ1v) is 6.72. The standard InChI is InChI=1S/C14H17FN4O/c1-19(9-10-2-4-11(15)5-3-10)14-18-17-13(20-14)8-16-12-6-7-12/h2-5,12,16H,6-9H2,1H3. The quantitative estimate of drug-likeness (QED) is 0.875. The SMILES string of the molecule is CN(Cc1ccc(F)cc1)c1nnc(CNC2CC2)o1. The summed E-state index contributed by atoms with van der Waals surface area (Å²) in [7, 11) is 1.87. The Morgan fingerprint density at radius 2 is 2.05 bits per heavy atom. The number of anilines is 1. The molecule has 1 aliphatic rings. The number of hydrogen-bond donors (Lipinski definition) is 1. The summed E-state index contributed by atoms with van der Waals surface area (Å²) in [5, 5.41) is 11.4. The van der Waals surface area contributed by atoms with Crippen molar-refractivity contribution in [3.8, 4) is 0 Å². The monoisotopic (exact) mass is 276 g/mol. The van der Waals surface area contributed by atoms with E-state index in [1.54, 1.807) is 12.1 Å². The fraction of sp³-hybridized carbons (Fsp3) is 0.429. The Morgan fingerprint density at radius 3 is 2.75 bits per heavy atom. The van der Waals surface area contributed by atoms with E-state index in [1.807, 2.05) is 11.9 Å². The Hall–Kier alpha value is -1.95. The van der Waals surface area contributed by atoms with Gasteiger partial charge in [-0.1, -0.05) is 17.2 Å². The van der Waals surface area contributed by atoms with Gasteiger partial charge in [-0.3, -0.25) is 0 Å². The van der Waals surface area contributed by atoms with Crippen LogP contribution in [0.4, 0.5) is 10.4 Å². The molecule has 1 heterocycles. The number of nitrogens with zero attached hydrogens (tertiary/aromatic N) is 3. The molecule has 0 saturated heterocycles. The smallest absolute Gasteiger partial charge is 0.318 e. The molecule has 0 radical (unpaired) electrons. The first-order chi connectivity index (χ1) is 9.70. The molecule has 0 aliphatic heterocycles. The topological polar surface area (TPSA) is 54.2 Å². The predicted molar refractivity (Wildman–Crippen MR) is 72.7 cm³/mol. The Labute approximate surface area is 116 Å². The maximum Gasteiger partial charge on any atom is 0.318 e. The molecule has 1 aliphatic carbocycles. The molecule has 0 unspecified atom stereocenters. The van der Waals surface area contributed by atoms with Crippen molar-refractivity contribution in [2.45, 2.75) is 32.0 Å². The summed E-state index contributed by atoms with van der Waals surface area (Å²) in [6.07, 6.45) is 2.46. The first kappa shape index (κ1) is 13.1. The van der Waals surface area contributed by atoms with Crippen molar-refractivity contribution in [1.29, 1.82) is 0 Å². The molecule has 0 spiro atoms. The van der Waals surface area contributed by atoms with E-state index in [0.29, 0.717) is 31.0 Å². The van der Waals surface area contributed by atoms with Gasteiger partial charge in [0.25, 0.3) is 0 Å². The zero-order valence-electron chi connectivity index (χ0n) is 11.3. The minimum Gasteiger partial charge on any atom is -0.407 e. The lowest BCUT2D eigenvalue weighted by atomic mass is 10.2. The third-order valence-electron chi connectivity index (χ3n) is 3.24. The lowest BCUT2D eigenvalue weighted by molar-refractivity contribution is 0.464. The molecule has 1 saturated carbocycles. The third kappa shape index (κ3) is 3.33. The van der Waals surface area contributed by atoms with E-state index in [9.17, 15) is 4.39 Å². The summed E-state index contributed by atoms with van der Waals surface area (Å²) in [4.78, 5) is 1.85. The van der Waals surface area contributed by atoms with Gasteiger partial charge in [0.05, 0.1) is 6.54 Å². The molecule has 0 amide bonds. The molecular formula is C14H17FN4O. The van der Waals surface area contributed by atoms with Crippen molar-refractivity contribution < 1.29 is 8.81 Å². The molecule has 6 heteroatoms. The zero-order chi connectivity index (χ0) is 13.9. The van der Waals surface area contributed by atoms with Crippen LogP contribution >= 0.6 is 0 Å². The second kappa shape index (κ2) is 5.58. The summed E-state index contributed by atoms with van der Waals surface area (Å²) in [5.74, 6) is 0.362. The summed E-state index contributed by atoms with van der Waals surface area (Å²) in [5.41, 5.74) is 0.991. The van der Waals surface area contributed by atoms with Crippen molar-refractivity contribution in [2.24, 2.45) is 0 Å². The average molecular weight is 276 g/mol. The summed E-state index contributed by atoms with van der Waals surface area (Å²) in [6.45, 7) is 1.21. The second-order valence-corrected chi connectivity index (χ2v) is 5.12. The molecule has 3 rings (SSSR count). The average Bonchev–Trinajstić information content (AvgIpc) is 3.15. The molecule has 1 aromatic carbocycles. The molecule has 20 heavy (non-hydrogen) atoms. The van der Waals surface area contributed by atoms with Gasteiger partial charge in [-0.05, 0) is 30.5 Å². The highest BCUT2D eigenvalue weighted by Gasteiger charge is 2.21. The van der Waals surface area contributed by atoms with Crippen LogP contribution in [0.3, 0.4) is 0 Å². The van der Waals surface area contributed by atoms with Crippen LogP contribution in [-0.4, -0.2) is 23.3 Å². The molecule has 0 atom stereocenters. The van der Waals surface area contributed by atoms with E-state index >= 15 is 0 Å². The molecule has 1 fully saturated rings. The Morgan fingerprint density at radius 1 is 1.30 bits per heavy atom.